The van der Waals surface area contributed by atoms with Gasteiger partial charge in [-0.25, -0.2) is 9.98 Å². The lowest BCUT2D eigenvalue weighted by Crippen LogP contribution is -2.57. The third-order valence-electron chi connectivity index (χ3n) is 5.91. The molecule has 0 fully saturated rings. The van der Waals surface area contributed by atoms with Crippen LogP contribution in [0.25, 0.3) is 11.0 Å². The third kappa shape index (κ3) is 3.53. The molecule has 2 aromatic carbocycles. The average Bonchev–Trinajstić information content (AvgIpc) is 3.23. The van der Waals surface area contributed by atoms with Crippen LogP contribution in [0.15, 0.2) is 47.5 Å². The number of guanidine groups is 1. The number of methoxy groups -OCH3 is 3. The monoisotopic (exact) mass is 436 g/mol. The number of rotatable bonds is 7. The van der Waals surface area contributed by atoms with E-state index in [1.807, 2.05) is 36.4 Å². The van der Waals surface area contributed by atoms with E-state index >= 15 is 0 Å². The maximum absolute atomic E-state index is 5.56. The van der Waals surface area contributed by atoms with Gasteiger partial charge in [-0.05, 0) is 36.2 Å². The Kier molecular flexibility index (Phi) is 5.59. The Morgan fingerprint density at radius 1 is 1.06 bits per heavy atom. The zero-order valence-corrected chi connectivity index (χ0v) is 18.6. The summed E-state index contributed by atoms with van der Waals surface area (Å²) in [6.45, 7) is 3.02. The zero-order chi connectivity index (χ0) is 22.1. The smallest absolute Gasteiger partial charge is 0.216 e. The van der Waals surface area contributed by atoms with Crippen molar-refractivity contribution in [3.63, 3.8) is 0 Å². The van der Waals surface area contributed by atoms with E-state index in [0.717, 1.165) is 54.7 Å². The van der Waals surface area contributed by atoms with Gasteiger partial charge in [0.25, 0.3) is 0 Å². The number of hydrogen-bond donors (Lipinski definition) is 1. The highest BCUT2D eigenvalue weighted by atomic mass is 16.5. The van der Waals surface area contributed by atoms with Gasteiger partial charge in [0.05, 0.1) is 38.6 Å². The number of ether oxygens (including phenoxy) is 3. The van der Waals surface area contributed by atoms with E-state index in [-0.39, 0.29) is 6.17 Å². The van der Waals surface area contributed by atoms with Crippen LogP contribution in [0.3, 0.4) is 0 Å². The van der Waals surface area contributed by atoms with E-state index in [0.29, 0.717) is 18.2 Å². The minimum absolute atomic E-state index is 0.174. The topological polar surface area (TPSA) is 76.4 Å². The fourth-order valence-electron chi connectivity index (χ4n) is 4.34. The van der Waals surface area contributed by atoms with Gasteiger partial charge in [-0.1, -0.05) is 18.2 Å². The van der Waals surface area contributed by atoms with Crippen LogP contribution in [0, 0.1) is 0 Å². The summed E-state index contributed by atoms with van der Waals surface area (Å²) < 4.78 is 18.4. The number of para-hydroxylation sites is 2. The Morgan fingerprint density at radius 3 is 2.72 bits per heavy atom. The summed E-state index contributed by atoms with van der Waals surface area (Å²) in [5.74, 6) is 3.09. The summed E-state index contributed by atoms with van der Waals surface area (Å²) in [5, 5.41) is 3.63. The molecule has 3 heterocycles. The Hall–Kier alpha value is -3.30. The first kappa shape index (κ1) is 20.6. The lowest BCUT2D eigenvalue weighted by Gasteiger charge is -2.41. The number of aromatic nitrogens is 2. The van der Waals surface area contributed by atoms with Crippen molar-refractivity contribution >= 4 is 22.9 Å². The van der Waals surface area contributed by atoms with Gasteiger partial charge in [-0.2, -0.15) is 0 Å². The van der Waals surface area contributed by atoms with Crippen LogP contribution in [0.1, 0.15) is 18.2 Å². The quantitative estimate of drug-likeness (QED) is 0.571. The molecule has 0 saturated carbocycles. The van der Waals surface area contributed by atoms with Gasteiger partial charge in [-0.15, -0.1) is 0 Å². The molecule has 9 heteroatoms. The van der Waals surface area contributed by atoms with Gasteiger partial charge >= 0.3 is 0 Å². The fraction of sp³-hybridized carbons (Fsp3) is 0.391. The molecule has 5 rings (SSSR count). The molecule has 3 aromatic rings. The van der Waals surface area contributed by atoms with Crippen molar-refractivity contribution in [1.29, 1.82) is 0 Å². The maximum atomic E-state index is 5.56. The van der Waals surface area contributed by atoms with Crippen LogP contribution in [0.2, 0.25) is 0 Å². The van der Waals surface area contributed by atoms with Crippen LogP contribution in [0.5, 0.6) is 11.5 Å². The standard InChI is InChI=1S/C23H28N6O3/c1-30-12-6-11-27-14-24-22-26-21(16-9-10-19(31-2)20(13-16)32-3)29-18-8-5-4-7-17(18)25-23(29)28(22)15-27/h4-5,7-10,13,21H,6,11-12,14-15H2,1-3H3,(H,24,26)/t21-/m1/s1. The van der Waals surface area contributed by atoms with Gasteiger partial charge in [0.15, 0.2) is 11.5 Å². The van der Waals surface area contributed by atoms with Gasteiger partial charge < -0.3 is 19.5 Å². The first-order chi connectivity index (χ1) is 15.7. The summed E-state index contributed by atoms with van der Waals surface area (Å²) in [6, 6.07) is 14.2. The largest absolute Gasteiger partial charge is 0.493 e. The number of aliphatic imine (C=N–C) groups is 1. The Morgan fingerprint density at radius 2 is 1.91 bits per heavy atom. The van der Waals surface area contributed by atoms with Crippen molar-refractivity contribution in [2.45, 2.75) is 12.6 Å². The summed E-state index contributed by atoms with van der Waals surface area (Å²) in [7, 11) is 5.03. The predicted molar refractivity (Wildman–Crippen MR) is 123 cm³/mol. The summed E-state index contributed by atoms with van der Waals surface area (Å²) in [4.78, 5) is 14.3. The van der Waals surface area contributed by atoms with Crippen LogP contribution in [0.4, 0.5) is 5.95 Å². The number of nitrogens with one attached hydrogen (secondary N) is 1. The van der Waals surface area contributed by atoms with E-state index in [4.69, 9.17) is 24.2 Å². The molecular formula is C23H28N6O3. The molecule has 0 aliphatic carbocycles. The van der Waals surface area contributed by atoms with Crippen LogP contribution < -0.4 is 19.7 Å². The maximum Gasteiger partial charge on any atom is 0.216 e. The van der Waals surface area contributed by atoms with Crippen molar-refractivity contribution in [2.24, 2.45) is 4.99 Å². The minimum atomic E-state index is -0.174. The van der Waals surface area contributed by atoms with Crippen molar-refractivity contribution < 1.29 is 14.2 Å². The molecule has 0 spiro atoms. The van der Waals surface area contributed by atoms with Gasteiger partial charge in [0.1, 0.15) is 6.17 Å². The molecule has 32 heavy (non-hydrogen) atoms. The lowest BCUT2D eigenvalue weighted by atomic mass is 10.1. The number of nitrogens with zero attached hydrogens (tertiary/aromatic N) is 5. The molecule has 168 valence electrons. The average molecular weight is 437 g/mol. The summed E-state index contributed by atoms with van der Waals surface area (Å²) in [5.41, 5.74) is 3.05. The Labute approximate surface area is 187 Å². The number of fused-ring (bicyclic) bond motifs is 5. The lowest BCUT2D eigenvalue weighted by molar-refractivity contribution is 0.171. The first-order valence-electron chi connectivity index (χ1n) is 10.7. The second-order valence-electron chi connectivity index (χ2n) is 7.87. The molecule has 0 unspecified atom stereocenters. The molecule has 1 aromatic heterocycles. The predicted octanol–water partition coefficient (Wildman–Crippen LogP) is 2.63. The Balaban J connectivity index is 1.57. The second kappa shape index (κ2) is 8.68. The fourth-order valence-corrected chi connectivity index (χ4v) is 4.34. The molecule has 0 saturated heterocycles. The highest BCUT2D eigenvalue weighted by molar-refractivity contribution is 5.98. The van der Waals surface area contributed by atoms with Crippen molar-refractivity contribution in [3.05, 3.63) is 48.0 Å². The molecule has 0 amide bonds. The third-order valence-corrected chi connectivity index (χ3v) is 5.91. The highest BCUT2D eigenvalue weighted by Crippen LogP contribution is 2.36. The van der Waals surface area contributed by atoms with Gasteiger partial charge in [0.2, 0.25) is 11.9 Å². The van der Waals surface area contributed by atoms with Crippen molar-refractivity contribution in [2.75, 3.05) is 52.7 Å². The molecule has 1 atom stereocenters. The number of imidazole rings is 1. The van der Waals surface area contributed by atoms with E-state index in [2.05, 4.69) is 25.8 Å². The van der Waals surface area contributed by atoms with Crippen molar-refractivity contribution in [1.82, 2.24) is 19.8 Å². The molecule has 2 aliphatic heterocycles. The van der Waals surface area contributed by atoms with Crippen LogP contribution in [-0.2, 0) is 4.74 Å². The van der Waals surface area contributed by atoms with E-state index in [9.17, 15) is 0 Å². The van der Waals surface area contributed by atoms with Crippen LogP contribution in [-0.4, -0.2) is 68.2 Å². The van der Waals surface area contributed by atoms with Gasteiger partial charge in [-0.3, -0.25) is 14.4 Å². The van der Waals surface area contributed by atoms with E-state index < -0.39 is 0 Å². The molecular weight excluding hydrogens is 408 g/mol. The zero-order valence-electron chi connectivity index (χ0n) is 18.6. The highest BCUT2D eigenvalue weighted by Gasteiger charge is 2.36. The number of benzene rings is 2. The molecule has 1 N–H and O–H groups in total. The molecule has 0 radical (unpaired) electrons. The molecule has 9 nitrogen and oxygen atoms in total. The van der Waals surface area contributed by atoms with Crippen molar-refractivity contribution in [3.8, 4) is 11.5 Å². The van der Waals surface area contributed by atoms with E-state index in [1.165, 1.54) is 0 Å². The molecule has 0 bridgehead atoms. The second-order valence-corrected chi connectivity index (χ2v) is 7.87. The number of hydrogen-bond acceptors (Lipinski definition) is 8. The summed E-state index contributed by atoms with van der Waals surface area (Å²) in [6.07, 6.45) is 0.792. The molecule has 2 aliphatic rings. The normalized spacial score (nSPS) is 18.0. The summed E-state index contributed by atoms with van der Waals surface area (Å²) >= 11 is 0. The Bertz CT molecular complexity index is 1140. The van der Waals surface area contributed by atoms with E-state index in [1.54, 1.807) is 21.3 Å². The minimum Gasteiger partial charge on any atom is -0.493 e. The van der Waals surface area contributed by atoms with Crippen LogP contribution >= 0.6 is 0 Å². The number of anilines is 1. The SMILES string of the molecule is COCCCN1CN=C2N[C@@H](c3ccc(OC)c(OC)c3)n3c(nc4ccccc43)N2C1. The first-order valence-corrected chi connectivity index (χ1v) is 10.7. The van der Waals surface area contributed by atoms with Gasteiger partial charge in [0, 0.05) is 20.3 Å².